The molecule has 0 fully saturated rings. The number of pyridine rings is 2. The predicted molar refractivity (Wildman–Crippen MR) is 196 cm³/mol. The van der Waals surface area contributed by atoms with Crippen molar-refractivity contribution in [3.8, 4) is 39.6 Å². The van der Waals surface area contributed by atoms with E-state index in [0.29, 0.717) is 0 Å². The van der Waals surface area contributed by atoms with E-state index < -0.39 is 0 Å². The van der Waals surface area contributed by atoms with E-state index in [9.17, 15) is 0 Å². The Balaban J connectivity index is 1.23. The van der Waals surface area contributed by atoms with Crippen molar-refractivity contribution in [1.82, 2.24) is 34.1 Å². The van der Waals surface area contributed by atoms with Crippen molar-refractivity contribution >= 4 is 43.6 Å². The van der Waals surface area contributed by atoms with Gasteiger partial charge < -0.3 is 9.13 Å². The lowest BCUT2D eigenvalue weighted by Crippen LogP contribution is -2.00. The highest BCUT2D eigenvalue weighted by Crippen LogP contribution is 2.41. The number of para-hydroxylation sites is 3. The molecular weight excluding hydrogens is 603 g/mol. The van der Waals surface area contributed by atoms with Crippen molar-refractivity contribution in [2.24, 2.45) is 0 Å². The smallest absolute Gasteiger partial charge is 0.122 e. The van der Waals surface area contributed by atoms with Crippen LogP contribution in [0.4, 0.5) is 0 Å². The summed E-state index contributed by atoms with van der Waals surface area (Å²) in [7, 11) is 0. The molecule has 0 saturated carbocycles. The second-order valence-electron chi connectivity index (χ2n) is 12.1. The second-order valence-corrected chi connectivity index (χ2v) is 12.1. The van der Waals surface area contributed by atoms with E-state index in [-0.39, 0.29) is 0 Å². The first-order valence-corrected chi connectivity index (χ1v) is 16.2. The Bertz CT molecular complexity index is 2770. The van der Waals surface area contributed by atoms with Gasteiger partial charge in [0.1, 0.15) is 11.4 Å². The van der Waals surface area contributed by atoms with E-state index in [1.807, 2.05) is 35.1 Å². The van der Waals surface area contributed by atoms with Crippen LogP contribution in [0.5, 0.6) is 0 Å². The Morgan fingerprint density at radius 1 is 0.449 bits per heavy atom. The molecule has 0 unspecified atom stereocenters. The van der Waals surface area contributed by atoms with Crippen molar-refractivity contribution in [3.05, 3.63) is 164 Å². The maximum absolute atomic E-state index is 4.83. The van der Waals surface area contributed by atoms with Crippen LogP contribution in [0.2, 0.25) is 0 Å². The van der Waals surface area contributed by atoms with Crippen molar-refractivity contribution in [2.75, 3.05) is 0 Å². The van der Waals surface area contributed by atoms with Crippen LogP contribution < -0.4 is 0 Å². The molecule has 10 aromatic rings. The highest BCUT2D eigenvalue weighted by atomic mass is 15.4. The molecule has 0 aliphatic rings. The number of fused-ring (bicyclic) bond motifs is 6. The number of nitrogens with zero attached hydrogens (tertiary/aromatic N) is 7. The molecule has 5 aromatic heterocycles. The number of hydrogen-bond acceptors (Lipinski definition) is 4. The molecule has 0 aliphatic heterocycles. The van der Waals surface area contributed by atoms with Gasteiger partial charge in [0, 0.05) is 62.6 Å². The average Bonchev–Trinajstić information content (AvgIpc) is 3.86. The lowest BCUT2D eigenvalue weighted by atomic mass is 10.0. The van der Waals surface area contributed by atoms with Crippen LogP contribution in [-0.4, -0.2) is 34.1 Å². The van der Waals surface area contributed by atoms with Gasteiger partial charge in [0.2, 0.25) is 0 Å². The summed E-state index contributed by atoms with van der Waals surface area (Å²) in [4.78, 5) is 8.80. The molecule has 7 heteroatoms. The molecule has 230 valence electrons. The summed E-state index contributed by atoms with van der Waals surface area (Å²) in [5.41, 5.74) is 11.2. The zero-order valence-corrected chi connectivity index (χ0v) is 26.2. The number of rotatable bonds is 5. The first kappa shape index (κ1) is 27.3. The lowest BCUT2D eigenvalue weighted by Gasteiger charge is -2.13. The number of hydrogen-bond donors (Lipinski definition) is 0. The lowest BCUT2D eigenvalue weighted by molar-refractivity contribution is 0.804. The van der Waals surface area contributed by atoms with Gasteiger partial charge in [0.15, 0.2) is 0 Å². The minimum Gasteiger partial charge on any atom is -0.309 e. The van der Waals surface area contributed by atoms with Gasteiger partial charge in [-0.2, -0.15) is 0 Å². The molecule has 10 rings (SSSR count). The van der Waals surface area contributed by atoms with Crippen LogP contribution in [0.3, 0.4) is 0 Å². The molecule has 0 bridgehead atoms. The molecule has 0 amide bonds. The van der Waals surface area contributed by atoms with E-state index in [1.54, 1.807) is 18.6 Å². The quantitative estimate of drug-likeness (QED) is 0.190. The van der Waals surface area contributed by atoms with E-state index >= 15 is 0 Å². The molecule has 5 heterocycles. The van der Waals surface area contributed by atoms with Gasteiger partial charge in [-0.1, -0.05) is 78.0 Å². The maximum atomic E-state index is 4.83. The van der Waals surface area contributed by atoms with Gasteiger partial charge in [0.25, 0.3) is 0 Å². The summed E-state index contributed by atoms with van der Waals surface area (Å²) in [6.07, 6.45) is 7.20. The normalized spacial score (nSPS) is 11.7. The minimum absolute atomic E-state index is 0.782. The highest BCUT2D eigenvalue weighted by Gasteiger charge is 2.23. The van der Waals surface area contributed by atoms with Crippen LogP contribution in [0.1, 0.15) is 0 Å². The first-order valence-electron chi connectivity index (χ1n) is 16.2. The monoisotopic (exact) mass is 629 g/mol. The van der Waals surface area contributed by atoms with Crippen LogP contribution in [0.25, 0.3) is 83.2 Å². The third-order valence-electron chi connectivity index (χ3n) is 9.37. The van der Waals surface area contributed by atoms with Gasteiger partial charge in [-0.25, -0.2) is 4.68 Å². The van der Waals surface area contributed by atoms with E-state index in [2.05, 4.69) is 140 Å². The average molecular weight is 630 g/mol. The van der Waals surface area contributed by atoms with Gasteiger partial charge in [-0.05, 0) is 66.7 Å². The highest BCUT2D eigenvalue weighted by molar-refractivity contribution is 6.16. The zero-order valence-electron chi connectivity index (χ0n) is 26.2. The summed E-state index contributed by atoms with van der Waals surface area (Å²) in [6.45, 7) is 0. The van der Waals surface area contributed by atoms with Crippen molar-refractivity contribution in [2.45, 2.75) is 0 Å². The summed E-state index contributed by atoms with van der Waals surface area (Å²) in [5.74, 6) is 0. The van der Waals surface area contributed by atoms with Crippen LogP contribution in [0.15, 0.2) is 164 Å². The summed E-state index contributed by atoms with van der Waals surface area (Å²) in [5, 5.41) is 14.2. The Morgan fingerprint density at radius 3 is 1.69 bits per heavy atom. The molecule has 49 heavy (non-hydrogen) atoms. The SMILES string of the molecule is c1cncc(-c2c(-c3cccc4c3c3ccccc3n4-c3cccc(-n4c5ccccc5c5ccccc54)c3)nnn2-c2cccnc2)c1. The predicted octanol–water partition coefficient (Wildman–Crippen LogP) is 9.59. The van der Waals surface area contributed by atoms with Crippen LogP contribution in [0, 0.1) is 0 Å². The van der Waals surface area contributed by atoms with Crippen LogP contribution >= 0.6 is 0 Å². The third kappa shape index (κ3) is 4.16. The molecule has 0 radical (unpaired) electrons. The number of benzene rings is 5. The second kappa shape index (κ2) is 10.9. The molecule has 5 aromatic carbocycles. The fourth-order valence-electron chi connectivity index (χ4n) is 7.35. The van der Waals surface area contributed by atoms with Gasteiger partial charge >= 0.3 is 0 Å². The third-order valence-corrected chi connectivity index (χ3v) is 9.37. The molecule has 7 nitrogen and oxygen atoms in total. The van der Waals surface area contributed by atoms with Gasteiger partial charge in [-0.3, -0.25) is 9.97 Å². The fraction of sp³-hybridized carbons (Fsp3) is 0. The molecule has 0 saturated heterocycles. The van der Waals surface area contributed by atoms with Crippen molar-refractivity contribution < 1.29 is 0 Å². The summed E-state index contributed by atoms with van der Waals surface area (Å²) >= 11 is 0. The Labute approximate surface area is 281 Å². The largest absolute Gasteiger partial charge is 0.309 e. The Morgan fingerprint density at radius 2 is 1.02 bits per heavy atom. The Kier molecular flexibility index (Phi) is 6.04. The fourth-order valence-corrected chi connectivity index (χ4v) is 7.35. The van der Waals surface area contributed by atoms with E-state index in [1.165, 1.54) is 21.8 Å². The molecular formula is C42H27N7. The number of aromatic nitrogens is 7. The maximum Gasteiger partial charge on any atom is 0.122 e. The van der Waals surface area contributed by atoms with Gasteiger partial charge in [0.05, 0.1) is 34.0 Å². The standard InChI is InChI=1S/C42H27N7/c1-4-19-36-32(15-1)33-16-2-5-20-37(33)47(36)29-12-7-13-30(25-29)48-38-21-6-3-17-34(38)40-35(18-8-22-39(40)48)41-42(28-11-9-23-43-26-28)49(46-45-41)31-14-10-24-44-27-31/h1-27H. The van der Waals surface area contributed by atoms with Gasteiger partial charge in [-0.15, -0.1) is 5.10 Å². The zero-order chi connectivity index (χ0) is 32.3. The summed E-state index contributed by atoms with van der Waals surface area (Å²) in [6, 6.07) is 49.0. The Hall–Kier alpha value is -6.86. The molecule has 0 spiro atoms. The summed E-state index contributed by atoms with van der Waals surface area (Å²) < 4.78 is 6.58. The van der Waals surface area contributed by atoms with E-state index in [0.717, 1.165) is 61.4 Å². The van der Waals surface area contributed by atoms with Crippen LogP contribution in [-0.2, 0) is 0 Å². The van der Waals surface area contributed by atoms with Crippen molar-refractivity contribution in [1.29, 1.82) is 0 Å². The van der Waals surface area contributed by atoms with Crippen molar-refractivity contribution in [3.63, 3.8) is 0 Å². The molecule has 0 N–H and O–H groups in total. The molecule has 0 aliphatic carbocycles. The first-order chi connectivity index (χ1) is 24.3. The topological polar surface area (TPSA) is 66.3 Å². The molecule has 0 atom stereocenters. The van der Waals surface area contributed by atoms with E-state index in [4.69, 9.17) is 5.10 Å². The minimum atomic E-state index is 0.782.